The van der Waals surface area contributed by atoms with Crippen molar-refractivity contribution in [3.63, 3.8) is 0 Å². The molecule has 0 bridgehead atoms. The van der Waals surface area contributed by atoms with E-state index in [0.29, 0.717) is 5.84 Å². The largest absolute Gasteiger partial charge is 0.344 e. The molecule has 0 amide bonds. The molecule has 1 aliphatic carbocycles. The average molecular weight is 866 g/mol. The van der Waals surface area contributed by atoms with Gasteiger partial charge in [-0.15, -0.1) is 0 Å². The van der Waals surface area contributed by atoms with Crippen molar-refractivity contribution in [2.24, 2.45) is 9.98 Å². The lowest BCUT2D eigenvalue weighted by Gasteiger charge is -2.24. The third-order valence-corrected chi connectivity index (χ3v) is 13.7. The number of nitrogens with one attached hydrogen (secondary N) is 1. The Morgan fingerprint density at radius 1 is 0.279 bits per heavy atom. The summed E-state index contributed by atoms with van der Waals surface area (Å²) in [7, 11) is 0. The van der Waals surface area contributed by atoms with Gasteiger partial charge in [0.2, 0.25) is 0 Å². The van der Waals surface area contributed by atoms with Crippen LogP contribution in [0.3, 0.4) is 0 Å². The Balaban J connectivity index is 0.814. The molecular weight excluding hydrogens is 823 g/mol. The Bertz CT molecular complexity index is 3760. The van der Waals surface area contributed by atoms with E-state index in [1.54, 1.807) is 0 Å². The summed E-state index contributed by atoms with van der Waals surface area (Å²) < 4.78 is 0. The number of fused-ring (bicyclic) bond motifs is 4. The summed E-state index contributed by atoms with van der Waals surface area (Å²) in [6.45, 7) is 0. The summed E-state index contributed by atoms with van der Waals surface area (Å²) in [4.78, 5) is 10.3. The minimum atomic E-state index is -0.288. The molecule has 3 nitrogen and oxygen atoms in total. The maximum Gasteiger partial charge on any atom is 0.159 e. The summed E-state index contributed by atoms with van der Waals surface area (Å²) in [5, 5.41) is 8.74. The van der Waals surface area contributed by atoms with Crippen LogP contribution in [0, 0.1) is 0 Å². The van der Waals surface area contributed by atoms with Gasteiger partial charge in [0, 0.05) is 11.1 Å². The van der Waals surface area contributed by atoms with E-state index in [9.17, 15) is 0 Å². The van der Waals surface area contributed by atoms with Crippen molar-refractivity contribution in [1.82, 2.24) is 5.32 Å². The number of benzene rings is 11. The van der Waals surface area contributed by atoms with Crippen LogP contribution in [0.2, 0.25) is 0 Å². The zero-order valence-corrected chi connectivity index (χ0v) is 37.1. The fraction of sp³-hybridized carbons (Fsp3) is 0.0154. The quantitative estimate of drug-likeness (QED) is 0.162. The number of hydrogen-bond acceptors (Lipinski definition) is 3. The van der Waals surface area contributed by atoms with Gasteiger partial charge in [0.25, 0.3) is 0 Å². The van der Waals surface area contributed by atoms with Crippen LogP contribution in [-0.2, 0) is 0 Å². The lowest BCUT2D eigenvalue weighted by molar-refractivity contribution is 0.674. The maximum atomic E-state index is 5.19. The molecule has 1 heterocycles. The van der Waals surface area contributed by atoms with Gasteiger partial charge in [-0.2, -0.15) is 0 Å². The minimum Gasteiger partial charge on any atom is -0.344 e. The first-order valence-corrected chi connectivity index (χ1v) is 23.3. The first-order valence-electron chi connectivity index (χ1n) is 23.3. The topological polar surface area (TPSA) is 36.8 Å². The van der Waals surface area contributed by atoms with Gasteiger partial charge in [-0.3, -0.25) is 0 Å². The molecule has 0 spiro atoms. The third kappa shape index (κ3) is 6.92. The molecule has 0 saturated carbocycles. The maximum absolute atomic E-state index is 5.19. The predicted molar refractivity (Wildman–Crippen MR) is 285 cm³/mol. The molecule has 13 rings (SSSR count). The molecule has 318 valence electrons. The number of aliphatic imine (C=N–C) groups is 2. The van der Waals surface area contributed by atoms with E-state index >= 15 is 0 Å². The van der Waals surface area contributed by atoms with E-state index in [4.69, 9.17) is 9.98 Å². The van der Waals surface area contributed by atoms with Crippen LogP contribution < -0.4 is 5.32 Å². The van der Waals surface area contributed by atoms with Crippen LogP contribution in [0.5, 0.6) is 0 Å². The van der Waals surface area contributed by atoms with Crippen molar-refractivity contribution >= 4 is 33.2 Å². The highest BCUT2D eigenvalue weighted by Crippen LogP contribution is 2.49. The van der Waals surface area contributed by atoms with Crippen LogP contribution >= 0.6 is 0 Å². The van der Waals surface area contributed by atoms with E-state index in [2.05, 4.69) is 242 Å². The molecule has 11 aromatic carbocycles. The van der Waals surface area contributed by atoms with E-state index < -0.39 is 0 Å². The van der Waals surface area contributed by atoms with Crippen molar-refractivity contribution in [2.45, 2.75) is 6.17 Å². The van der Waals surface area contributed by atoms with Gasteiger partial charge in [0.15, 0.2) is 5.84 Å². The molecule has 3 heteroatoms. The highest BCUT2D eigenvalue weighted by molar-refractivity contribution is 6.19. The smallest absolute Gasteiger partial charge is 0.159 e. The monoisotopic (exact) mass is 865 g/mol. The molecule has 1 unspecified atom stereocenters. The number of amidine groups is 2. The highest BCUT2D eigenvalue weighted by Gasteiger charge is 2.24. The molecule has 0 radical (unpaired) electrons. The molecular formula is C65H43N3. The Morgan fingerprint density at radius 3 is 1.38 bits per heavy atom. The van der Waals surface area contributed by atoms with Crippen LogP contribution in [0.25, 0.3) is 99.4 Å². The molecule has 2 aliphatic rings. The molecule has 1 aliphatic heterocycles. The summed E-state index contributed by atoms with van der Waals surface area (Å²) >= 11 is 0. The number of rotatable bonds is 8. The molecule has 0 aromatic heterocycles. The first kappa shape index (κ1) is 39.4. The zero-order chi connectivity index (χ0) is 45.0. The van der Waals surface area contributed by atoms with Gasteiger partial charge < -0.3 is 5.32 Å². The second-order valence-electron chi connectivity index (χ2n) is 17.7. The SMILES string of the molecule is c1ccc(-c2ccc(C3=NC(c4ccccc4)NC(c4cccc(-c5cccc6c(-c7cccc(-c8ccc(-c9ccc%10c%11c(cccc9%11)-c9ccccc9-%10)cc8)c7)cccc56)c4)=N3)cc2)cc1. The van der Waals surface area contributed by atoms with E-state index in [1.807, 2.05) is 12.1 Å². The second-order valence-corrected chi connectivity index (χ2v) is 17.7. The summed E-state index contributed by atoms with van der Waals surface area (Å²) in [5.74, 6) is 1.49. The van der Waals surface area contributed by atoms with Gasteiger partial charge in [0.1, 0.15) is 12.0 Å². The summed E-state index contributed by atoms with van der Waals surface area (Å²) in [6, 6.07) is 89.6. The molecule has 11 aromatic rings. The lowest BCUT2D eigenvalue weighted by Crippen LogP contribution is -2.33. The van der Waals surface area contributed by atoms with Crippen LogP contribution in [0.15, 0.2) is 259 Å². The standard InChI is InChI=1S/C65H43N3/c1-3-14-42(15-4-1)43-32-36-47(37-33-43)64-66-63(46-16-5-2-6-17-46)67-65(68-64)51-21-10-20-50(41-51)53-25-12-26-55-52(24-11-27-56(53)55)49-19-9-18-48(40-49)44-30-34-45(35-31-44)54-38-39-61-58-23-8-7-22-57(58)60-29-13-28-59(54)62(60)61/h1-41,63H,(H,66,67,68). The van der Waals surface area contributed by atoms with E-state index in [0.717, 1.165) is 33.7 Å². The van der Waals surface area contributed by atoms with Crippen molar-refractivity contribution < 1.29 is 0 Å². The molecule has 0 saturated heterocycles. The highest BCUT2D eigenvalue weighted by atomic mass is 15.2. The van der Waals surface area contributed by atoms with Crippen LogP contribution in [0.1, 0.15) is 22.9 Å². The number of hydrogen-bond donors (Lipinski definition) is 1. The van der Waals surface area contributed by atoms with E-state index in [-0.39, 0.29) is 6.17 Å². The first-order chi connectivity index (χ1) is 33.7. The van der Waals surface area contributed by atoms with Gasteiger partial charge in [-0.05, 0) is 117 Å². The minimum absolute atomic E-state index is 0.288. The third-order valence-electron chi connectivity index (χ3n) is 13.7. The van der Waals surface area contributed by atoms with Gasteiger partial charge in [-0.25, -0.2) is 9.98 Å². The Kier molecular flexibility index (Phi) is 9.57. The van der Waals surface area contributed by atoms with Gasteiger partial charge >= 0.3 is 0 Å². The molecule has 1 N–H and O–H groups in total. The normalized spacial score (nSPS) is 13.7. The fourth-order valence-corrected chi connectivity index (χ4v) is 10.4. The van der Waals surface area contributed by atoms with Crippen molar-refractivity contribution in [2.75, 3.05) is 0 Å². The fourth-order valence-electron chi connectivity index (χ4n) is 10.4. The van der Waals surface area contributed by atoms with Crippen LogP contribution in [-0.4, -0.2) is 11.7 Å². The Hall–Kier alpha value is -8.92. The summed E-state index contributed by atoms with van der Waals surface area (Å²) in [6.07, 6.45) is -0.288. The van der Waals surface area contributed by atoms with Gasteiger partial charge in [-0.1, -0.05) is 237 Å². The Labute approximate surface area is 396 Å². The average Bonchev–Trinajstić information content (AvgIpc) is 3.75. The second kappa shape index (κ2) is 16.5. The van der Waals surface area contributed by atoms with Gasteiger partial charge in [0.05, 0.1) is 0 Å². The molecule has 0 fully saturated rings. The van der Waals surface area contributed by atoms with Crippen molar-refractivity contribution in [3.05, 3.63) is 265 Å². The lowest BCUT2D eigenvalue weighted by atomic mass is 9.91. The van der Waals surface area contributed by atoms with E-state index in [1.165, 1.54) is 88.3 Å². The van der Waals surface area contributed by atoms with Crippen molar-refractivity contribution in [1.29, 1.82) is 0 Å². The molecule has 68 heavy (non-hydrogen) atoms. The predicted octanol–water partition coefficient (Wildman–Crippen LogP) is 16.5. The Morgan fingerprint density at radius 2 is 0.706 bits per heavy atom. The zero-order valence-electron chi connectivity index (χ0n) is 37.1. The number of nitrogens with zero attached hydrogens (tertiary/aromatic N) is 2. The summed E-state index contributed by atoms with van der Waals surface area (Å²) in [5.41, 5.74) is 20.3. The van der Waals surface area contributed by atoms with Crippen LogP contribution in [0.4, 0.5) is 0 Å². The molecule has 1 atom stereocenters. The van der Waals surface area contributed by atoms with Crippen molar-refractivity contribution in [3.8, 4) is 77.9 Å².